The van der Waals surface area contributed by atoms with E-state index >= 15 is 0 Å². The standard InChI is InChI=1S/C19H30F2N2O4S/c1-22(15-5-3-2-4-6-15)9-16-10-27-18(13-28(16,25)26)11-23(12-18)17(24)14-7-19(20,21)8-14/h14-16H,2-13H2,1H3/t16-/m0/s1. The third-order valence-electron chi connectivity index (χ3n) is 6.95. The minimum Gasteiger partial charge on any atom is -0.369 e. The molecule has 160 valence electrons. The number of hydrogen-bond donors (Lipinski definition) is 0. The zero-order valence-corrected chi connectivity index (χ0v) is 17.2. The number of alkyl halides is 2. The second-order valence-corrected chi connectivity index (χ2v) is 11.6. The molecule has 4 aliphatic rings. The van der Waals surface area contributed by atoms with E-state index < -0.39 is 45.4 Å². The Morgan fingerprint density at radius 1 is 1.18 bits per heavy atom. The topological polar surface area (TPSA) is 66.9 Å². The molecule has 2 saturated heterocycles. The number of carbonyl (C=O) groups is 1. The minimum absolute atomic E-state index is 0.0895. The van der Waals surface area contributed by atoms with Crippen molar-refractivity contribution in [3.05, 3.63) is 0 Å². The highest BCUT2D eigenvalue weighted by Crippen LogP contribution is 2.45. The van der Waals surface area contributed by atoms with E-state index in [1.165, 1.54) is 24.2 Å². The number of halogens is 2. The van der Waals surface area contributed by atoms with E-state index in [1.54, 1.807) is 0 Å². The van der Waals surface area contributed by atoms with E-state index in [-0.39, 0.29) is 31.4 Å². The average molecular weight is 421 g/mol. The molecule has 28 heavy (non-hydrogen) atoms. The molecular weight excluding hydrogens is 390 g/mol. The van der Waals surface area contributed by atoms with Crippen molar-refractivity contribution >= 4 is 15.7 Å². The van der Waals surface area contributed by atoms with Crippen LogP contribution in [0.1, 0.15) is 44.9 Å². The predicted molar refractivity (Wildman–Crippen MR) is 100 cm³/mol. The highest BCUT2D eigenvalue weighted by molar-refractivity contribution is 7.92. The largest absolute Gasteiger partial charge is 0.369 e. The first kappa shape index (κ1) is 20.5. The lowest BCUT2D eigenvalue weighted by Crippen LogP contribution is -2.72. The van der Waals surface area contributed by atoms with Gasteiger partial charge >= 0.3 is 0 Å². The summed E-state index contributed by atoms with van der Waals surface area (Å²) < 4.78 is 57.6. The molecule has 0 aromatic carbocycles. The van der Waals surface area contributed by atoms with Crippen LogP contribution in [0.5, 0.6) is 0 Å². The molecule has 9 heteroatoms. The predicted octanol–water partition coefficient (Wildman–Crippen LogP) is 1.69. The van der Waals surface area contributed by atoms with E-state index in [1.807, 2.05) is 7.05 Å². The lowest BCUT2D eigenvalue weighted by atomic mass is 9.79. The quantitative estimate of drug-likeness (QED) is 0.693. The van der Waals surface area contributed by atoms with Gasteiger partial charge in [-0.3, -0.25) is 4.79 Å². The molecule has 1 atom stereocenters. The summed E-state index contributed by atoms with van der Waals surface area (Å²) in [4.78, 5) is 15.9. The fourth-order valence-electron chi connectivity index (χ4n) is 5.14. The maximum Gasteiger partial charge on any atom is 0.249 e. The maximum absolute atomic E-state index is 13.0. The summed E-state index contributed by atoms with van der Waals surface area (Å²) in [5.41, 5.74) is -0.847. The van der Waals surface area contributed by atoms with Crippen molar-refractivity contribution < 1.29 is 26.7 Å². The van der Waals surface area contributed by atoms with Crippen LogP contribution in [-0.2, 0) is 19.4 Å². The molecule has 0 radical (unpaired) electrons. The van der Waals surface area contributed by atoms with Crippen molar-refractivity contribution in [2.45, 2.75) is 67.8 Å². The Kier molecular flexibility index (Phi) is 5.24. The van der Waals surface area contributed by atoms with Gasteiger partial charge in [0.25, 0.3) is 0 Å². The Bertz CT molecular complexity index is 709. The Hall–Kier alpha value is -0.800. The van der Waals surface area contributed by atoms with Crippen molar-refractivity contribution in [3.63, 3.8) is 0 Å². The highest BCUT2D eigenvalue weighted by atomic mass is 32.2. The molecule has 0 aromatic heterocycles. The van der Waals surface area contributed by atoms with Gasteiger partial charge in [0.05, 0.1) is 30.7 Å². The summed E-state index contributed by atoms with van der Waals surface area (Å²) in [5, 5.41) is -0.542. The highest BCUT2D eigenvalue weighted by Gasteiger charge is 2.57. The number of ether oxygens (including phenoxy) is 1. The molecule has 0 bridgehead atoms. The lowest BCUT2D eigenvalue weighted by molar-refractivity contribution is -0.184. The van der Waals surface area contributed by atoms with Crippen molar-refractivity contribution in [3.8, 4) is 0 Å². The number of amides is 1. The molecule has 2 saturated carbocycles. The maximum atomic E-state index is 13.0. The first-order valence-corrected chi connectivity index (χ1v) is 12.0. The van der Waals surface area contributed by atoms with Crippen molar-refractivity contribution in [1.82, 2.24) is 9.80 Å². The fourth-order valence-corrected chi connectivity index (χ4v) is 7.11. The molecule has 2 aliphatic carbocycles. The Balaban J connectivity index is 1.29. The summed E-state index contributed by atoms with van der Waals surface area (Å²) in [6.07, 6.45) is 5.09. The SMILES string of the molecule is CN(C[C@H]1COC2(CN(C(=O)C3CC(F)(F)C3)C2)CS1(=O)=O)C1CCCCC1. The molecule has 1 spiro atoms. The summed E-state index contributed by atoms with van der Waals surface area (Å²) >= 11 is 0. The fraction of sp³-hybridized carbons (Fsp3) is 0.947. The van der Waals surface area contributed by atoms with Crippen LogP contribution in [0.4, 0.5) is 8.78 Å². The molecule has 0 N–H and O–H groups in total. The molecule has 4 rings (SSSR count). The summed E-state index contributed by atoms with van der Waals surface area (Å²) in [6, 6.07) is 0.442. The lowest BCUT2D eigenvalue weighted by Gasteiger charge is -2.54. The van der Waals surface area contributed by atoms with Gasteiger partial charge in [-0.15, -0.1) is 0 Å². The second-order valence-electron chi connectivity index (χ2n) is 9.31. The van der Waals surface area contributed by atoms with Gasteiger partial charge in [0.1, 0.15) is 5.60 Å². The van der Waals surface area contributed by atoms with Gasteiger partial charge in [-0.2, -0.15) is 0 Å². The van der Waals surface area contributed by atoms with Gasteiger partial charge in [-0.25, -0.2) is 17.2 Å². The number of rotatable bonds is 4. The first-order chi connectivity index (χ1) is 13.1. The van der Waals surface area contributed by atoms with E-state index in [0.29, 0.717) is 12.6 Å². The number of nitrogens with zero attached hydrogens (tertiary/aromatic N) is 2. The van der Waals surface area contributed by atoms with Gasteiger partial charge in [-0.1, -0.05) is 19.3 Å². The monoisotopic (exact) mass is 420 g/mol. The molecule has 2 heterocycles. The molecular formula is C19H30F2N2O4S. The second kappa shape index (κ2) is 7.16. The van der Waals surface area contributed by atoms with Crippen LogP contribution in [0.25, 0.3) is 0 Å². The van der Waals surface area contributed by atoms with E-state index in [0.717, 1.165) is 12.8 Å². The summed E-state index contributed by atoms with van der Waals surface area (Å²) in [7, 11) is -1.34. The van der Waals surface area contributed by atoms with E-state index in [4.69, 9.17) is 4.74 Å². The minimum atomic E-state index is -3.33. The normalized spacial score (nSPS) is 32.1. The number of carbonyl (C=O) groups excluding carboxylic acids is 1. The molecule has 4 fully saturated rings. The number of hydrogen-bond acceptors (Lipinski definition) is 5. The van der Waals surface area contributed by atoms with Crippen molar-refractivity contribution in [2.24, 2.45) is 5.92 Å². The van der Waals surface area contributed by atoms with Gasteiger partial charge in [0, 0.05) is 31.3 Å². The van der Waals surface area contributed by atoms with Crippen LogP contribution in [-0.4, -0.2) is 86.0 Å². The van der Waals surface area contributed by atoms with Crippen molar-refractivity contribution in [1.29, 1.82) is 0 Å². The Morgan fingerprint density at radius 3 is 2.39 bits per heavy atom. The van der Waals surface area contributed by atoms with Crippen LogP contribution in [0.15, 0.2) is 0 Å². The number of likely N-dealkylation sites (tertiary alicyclic amines) is 1. The van der Waals surface area contributed by atoms with Gasteiger partial charge in [-0.05, 0) is 19.9 Å². The molecule has 0 unspecified atom stereocenters. The van der Waals surface area contributed by atoms with Gasteiger partial charge in [0.2, 0.25) is 11.8 Å². The smallest absolute Gasteiger partial charge is 0.249 e. The van der Waals surface area contributed by atoms with Crippen LogP contribution < -0.4 is 0 Å². The average Bonchev–Trinajstić information content (AvgIpc) is 2.59. The van der Waals surface area contributed by atoms with Crippen LogP contribution in [0, 0.1) is 5.92 Å². The van der Waals surface area contributed by atoms with E-state index in [2.05, 4.69) is 4.90 Å². The van der Waals surface area contributed by atoms with Gasteiger partial charge in [0.15, 0.2) is 9.84 Å². The first-order valence-electron chi connectivity index (χ1n) is 10.3. The Morgan fingerprint density at radius 2 is 1.82 bits per heavy atom. The zero-order valence-electron chi connectivity index (χ0n) is 16.4. The van der Waals surface area contributed by atoms with Crippen LogP contribution in [0.3, 0.4) is 0 Å². The van der Waals surface area contributed by atoms with E-state index in [9.17, 15) is 22.0 Å². The summed E-state index contributed by atoms with van der Waals surface area (Å²) in [5.74, 6) is -3.75. The Labute approximate surface area is 165 Å². The summed E-state index contributed by atoms with van der Waals surface area (Å²) in [6.45, 7) is 1.00. The van der Waals surface area contributed by atoms with Crippen LogP contribution in [0.2, 0.25) is 0 Å². The van der Waals surface area contributed by atoms with Crippen molar-refractivity contribution in [2.75, 3.05) is 39.0 Å². The molecule has 2 aliphatic heterocycles. The zero-order chi connectivity index (χ0) is 20.2. The van der Waals surface area contributed by atoms with Gasteiger partial charge < -0.3 is 14.5 Å². The molecule has 0 aromatic rings. The molecule has 6 nitrogen and oxygen atoms in total. The third kappa shape index (κ3) is 3.94. The van der Waals surface area contributed by atoms with Crippen LogP contribution >= 0.6 is 0 Å². The number of sulfone groups is 1. The molecule has 1 amide bonds. The third-order valence-corrected chi connectivity index (χ3v) is 9.18.